The minimum Gasteiger partial charge on any atom is -0.454 e. The van der Waals surface area contributed by atoms with Gasteiger partial charge in [-0.25, -0.2) is 0 Å². The highest BCUT2D eigenvalue weighted by Crippen LogP contribution is 2.33. The van der Waals surface area contributed by atoms with Gasteiger partial charge in [-0.05, 0) is 78.3 Å². The lowest BCUT2D eigenvalue weighted by atomic mass is 9.96. The third kappa shape index (κ3) is 5.04. The molecule has 7 heteroatoms. The second-order valence-electron chi connectivity index (χ2n) is 9.23. The van der Waals surface area contributed by atoms with E-state index in [1.807, 2.05) is 30.3 Å². The SMILES string of the molecule is CCc1ccc2[nH]c(=O)c(CN(Cc3ccc4c(c3)OCO4)C(=S)NC3CCCCC3)cc2c1. The summed E-state index contributed by atoms with van der Waals surface area (Å²) in [4.78, 5) is 18.1. The number of nitrogens with one attached hydrogen (secondary N) is 2. The molecule has 34 heavy (non-hydrogen) atoms. The van der Waals surface area contributed by atoms with Crippen molar-refractivity contribution >= 4 is 28.2 Å². The molecule has 0 saturated heterocycles. The summed E-state index contributed by atoms with van der Waals surface area (Å²) in [6.07, 6.45) is 6.97. The number of aryl methyl sites for hydroxylation is 1. The van der Waals surface area contributed by atoms with E-state index < -0.39 is 0 Å². The quantitative estimate of drug-likeness (QED) is 0.486. The first-order valence-corrected chi connectivity index (χ1v) is 12.6. The molecule has 0 radical (unpaired) electrons. The lowest BCUT2D eigenvalue weighted by molar-refractivity contribution is 0.174. The highest BCUT2D eigenvalue weighted by Gasteiger charge is 2.20. The summed E-state index contributed by atoms with van der Waals surface area (Å²) < 4.78 is 11.0. The van der Waals surface area contributed by atoms with Crippen LogP contribution in [0.25, 0.3) is 10.9 Å². The molecule has 6 nitrogen and oxygen atoms in total. The summed E-state index contributed by atoms with van der Waals surface area (Å²) >= 11 is 5.88. The van der Waals surface area contributed by atoms with Gasteiger partial charge in [0, 0.05) is 23.7 Å². The molecule has 1 aliphatic carbocycles. The van der Waals surface area contributed by atoms with Gasteiger partial charge >= 0.3 is 0 Å². The number of hydrogen-bond donors (Lipinski definition) is 2. The van der Waals surface area contributed by atoms with Crippen LogP contribution >= 0.6 is 12.2 Å². The van der Waals surface area contributed by atoms with Gasteiger partial charge < -0.3 is 24.7 Å². The number of thiocarbonyl (C=S) groups is 1. The molecule has 2 aromatic carbocycles. The van der Waals surface area contributed by atoms with E-state index in [4.69, 9.17) is 21.7 Å². The standard InChI is InChI=1S/C27H31N3O3S/c1-2-18-8-10-23-20(12-18)14-21(26(31)29-23)16-30(27(34)28-22-6-4-3-5-7-22)15-19-9-11-24-25(13-19)33-17-32-24/h8-14,22H,2-7,15-17H2,1H3,(H,28,34)(H,29,31). The van der Waals surface area contributed by atoms with E-state index in [2.05, 4.69) is 34.3 Å². The zero-order chi connectivity index (χ0) is 23.5. The van der Waals surface area contributed by atoms with Crippen LogP contribution in [0.5, 0.6) is 11.5 Å². The Morgan fingerprint density at radius 1 is 1.03 bits per heavy atom. The van der Waals surface area contributed by atoms with Crippen molar-refractivity contribution in [1.82, 2.24) is 15.2 Å². The van der Waals surface area contributed by atoms with Crippen molar-refractivity contribution in [1.29, 1.82) is 0 Å². The van der Waals surface area contributed by atoms with Crippen molar-refractivity contribution in [2.45, 2.75) is 64.6 Å². The lowest BCUT2D eigenvalue weighted by Crippen LogP contribution is -2.45. The van der Waals surface area contributed by atoms with Crippen LogP contribution in [0.1, 0.15) is 55.7 Å². The fraction of sp³-hybridized carbons (Fsp3) is 0.407. The van der Waals surface area contributed by atoms with Gasteiger partial charge in [-0.1, -0.05) is 38.3 Å². The van der Waals surface area contributed by atoms with Crippen LogP contribution in [0.2, 0.25) is 0 Å². The Labute approximate surface area is 205 Å². The summed E-state index contributed by atoms with van der Waals surface area (Å²) in [7, 11) is 0. The highest BCUT2D eigenvalue weighted by atomic mass is 32.1. The molecule has 1 aromatic heterocycles. The predicted molar refractivity (Wildman–Crippen MR) is 138 cm³/mol. The second kappa shape index (κ2) is 10.1. The maximum atomic E-state index is 13.0. The number of hydrogen-bond acceptors (Lipinski definition) is 4. The Balaban J connectivity index is 1.42. The molecule has 1 aliphatic heterocycles. The van der Waals surface area contributed by atoms with E-state index in [1.165, 1.54) is 24.8 Å². The van der Waals surface area contributed by atoms with Gasteiger partial charge in [0.1, 0.15) is 0 Å². The van der Waals surface area contributed by atoms with E-state index in [-0.39, 0.29) is 12.4 Å². The molecular formula is C27H31N3O3S. The molecule has 0 atom stereocenters. The number of aromatic nitrogens is 1. The van der Waals surface area contributed by atoms with E-state index in [0.717, 1.165) is 47.2 Å². The van der Waals surface area contributed by atoms with Gasteiger partial charge in [-0.15, -0.1) is 0 Å². The van der Waals surface area contributed by atoms with Crippen LogP contribution in [0, 0.1) is 0 Å². The van der Waals surface area contributed by atoms with Crippen molar-refractivity contribution < 1.29 is 9.47 Å². The maximum absolute atomic E-state index is 13.0. The molecule has 0 spiro atoms. The number of pyridine rings is 1. The lowest BCUT2D eigenvalue weighted by Gasteiger charge is -2.31. The van der Waals surface area contributed by atoms with Crippen LogP contribution in [0.3, 0.4) is 0 Å². The molecule has 1 saturated carbocycles. The highest BCUT2D eigenvalue weighted by molar-refractivity contribution is 7.80. The molecule has 5 rings (SSSR count). The predicted octanol–water partition coefficient (Wildman–Crippen LogP) is 5.03. The third-order valence-corrected chi connectivity index (χ3v) is 7.16. The summed E-state index contributed by atoms with van der Waals surface area (Å²) in [5.41, 5.74) is 3.79. The number of nitrogens with zero attached hydrogens (tertiary/aromatic N) is 1. The first-order valence-electron chi connectivity index (χ1n) is 12.2. The van der Waals surface area contributed by atoms with Crippen molar-refractivity contribution in [3.63, 3.8) is 0 Å². The molecule has 3 aromatic rings. The number of aromatic amines is 1. The van der Waals surface area contributed by atoms with Crippen molar-refractivity contribution in [3.05, 3.63) is 69.5 Å². The van der Waals surface area contributed by atoms with Crippen LogP contribution in [-0.2, 0) is 19.5 Å². The number of rotatable bonds is 6. The number of fused-ring (bicyclic) bond motifs is 2. The van der Waals surface area contributed by atoms with Gasteiger partial charge in [0.25, 0.3) is 5.56 Å². The number of H-pyrrole nitrogens is 1. The van der Waals surface area contributed by atoms with Crippen LogP contribution < -0.4 is 20.3 Å². The Hall–Kier alpha value is -3.06. The topological polar surface area (TPSA) is 66.6 Å². The first-order chi connectivity index (χ1) is 16.6. The zero-order valence-electron chi connectivity index (χ0n) is 19.6. The molecule has 1 fully saturated rings. The Morgan fingerprint density at radius 2 is 1.82 bits per heavy atom. The average molecular weight is 478 g/mol. The van der Waals surface area contributed by atoms with Gasteiger partial charge in [-0.2, -0.15) is 0 Å². The molecule has 2 heterocycles. The zero-order valence-corrected chi connectivity index (χ0v) is 20.4. The molecule has 2 N–H and O–H groups in total. The first kappa shape index (κ1) is 22.7. The molecule has 0 bridgehead atoms. The molecular weight excluding hydrogens is 446 g/mol. The summed E-state index contributed by atoms with van der Waals surface area (Å²) in [5.74, 6) is 1.51. The summed E-state index contributed by atoms with van der Waals surface area (Å²) in [6, 6.07) is 14.5. The molecule has 2 aliphatic rings. The minimum atomic E-state index is -0.0760. The molecule has 0 unspecified atom stereocenters. The van der Waals surface area contributed by atoms with Gasteiger partial charge in [0.05, 0.1) is 6.54 Å². The van der Waals surface area contributed by atoms with E-state index in [0.29, 0.717) is 29.8 Å². The van der Waals surface area contributed by atoms with Gasteiger partial charge in [-0.3, -0.25) is 4.79 Å². The van der Waals surface area contributed by atoms with Crippen LogP contribution in [0.4, 0.5) is 0 Å². The molecule has 0 amide bonds. The largest absolute Gasteiger partial charge is 0.454 e. The normalized spacial score (nSPS) is 15.4. The van der Waals surface area contributed by atoms with E-state index in [1.54, 1.807) is 0 Å². The van der Waals surface area contributed by atoms with Crippen molar-refractivity contribution in [2.24, 2.45) is 0 Å². The van der Waals surface area contributed by atoms with Gasteiger partial charge in [0.2, 0.25) is 6.79 Å². The van der Waals surface area contributed by atoms with Crippen LogP contribution in [0.15, 0.2) is 47.3 Å². The second-order valence-corrected chi connectivity index (χ2v) is 9.61. The van der Waals surface area contributed by atoms with Crippen molar-refractivity contribution in [3.8, 4) is 11.5 Å². The number of benzene rings is 2. The summed E-state index contributed by atoms with van der Waals surface area (Å²) in [5, 5.41) is 5.31. The van der Waals surface area contributed by atoms with Gasteiger partial charge in [0.15, 0.2) is 16.6 Å². The fourth-order valence-corrected chi connectivity index (χ4v) is 5.11. The number of ether oxygens (including phenoxy) is 2. The monoisotopic (exact) mass is 477 g/mol. The Bertz CT molecular complexity index is 1250. The van der Waals surface area contributed by atoms with Crippen LogP contribution in [-0.4, -0.2) is 27.8 Å². The van der Waals surface area contributed by atoms with E-state index in [9.17, 15) is 4.79 Å². The van der Waals surface area contributed by atoms with E-state index >= 15 is 0 Å². The molecule has 178 valence electrons. The average Bonchev–Trinajstić information content (AvgIpc) is 3.32. The van der Waals surface area contributed by atoms with Crippen molar-refractivity contribution in [2.75, 3.05) is 6.79 Å². The Morgan fingerprint density at radius 3 is 2.65 bits per heavy atom. The third-order valence-electron chi connectivity index (χ3n) is 6.79. The fourth-order valence-electron chi connectivity index (χ4n) is 4.82. The Kier molecular flexibility index (Phi) is 6.72. The maximum Gasteiger partial charge on any atom is 0.253 e. The smallest absolute Gasteiger partial charge is 0.253 e. The minimum absolute atomic E-state index is 0.0760. The summed E-state index contributed by atoms with van der Waals surface area (Å²) in [6.45, 7) is 3.38.